The van der Waals surface area contributed by atoms with Crippen molar-refractivity contribution in [1.29, 1.82) is 5.26 Å². The summed E-state index contributed by atoms with van der Waals surface area (Å²) < 4.78 is 11.4. The molecule has 3 aromatic rings. The number of carbonyl (C=O) groups excluding carboxylic acids is 1. The van der Waals surface area contributed by atoms with Crippen LogP contribution in [-0.2, 0) is 4.79 Å². The van der Waals surface area contributed by atoms with Crippen LogP contribution in [0.5, 0.6) is 17.2 Å². The summed E-state index contributed by atoms with van der Waals surface area (Å²) in [6, 6.07) is 23.5. The lowest BCUT2D eigenvalue weighted by Gasteiger charge is -2.15. The molecule has 0 aromatic heterocycles. The summed E-state index contributed by atoms with van der Waals surface area (Å²) >= 11 is 0. The smallest absolute Gasteiger partial charge is 0.265 e. The minimum absolute atomic E-state index is 0.221. The van der Waals surface area contributed by atoms with Gasteiger partial charge in [0.1, 0.15) is 17.2 Å². The molecule has 0 aliphatic carbocycles. The van der Waals surface area contributed by atoms with E-state index in [9.17, 15) is 4.79 Å². The molecule has 3 rings (SSSR count). The number of anilines is 1. The van der Waals surface area contributed by atoms with Crippen LogP contribution in [0.25, 0.3) is 0 Å². The summed E-state index contributed by atoms with van der Waals surface area (Å²) in [6.45, 7) is 3.69. The highest BCUT2D eigenvalue weighted by molar-refractivity contribution is 5.94. The molecule has 0 aliphatic heterocycles. The lowest BCUT2D eigenvalue weighted by atomic mass is 10.2. The third kappa shape index (κ3) is 5.12. The molecule has 140 valence electrons. The standard InChI is InChI=1S/C23H20N2O3/c1-16-3-7-19(8-4-16)25-23(26)17(2)27-20-11-13-22(14-12-20)28-21-9-5-18(15-24)6-10-21/h3-14,17H,1-2H3,(H,25,26). The van der Waals surface area contributed by atoms with Crippen LogP contribution in [-0.4, -0.2) is 12.0 Å². The molecule has 0 spiro atoms. The Morgan fingerprint density at radius 3 is 2.00 bits per heavy atom. The van der Waals surface area contributed by atoms with Gasteiger partial charge in [0.15, 0.2) is 6.10 Å². The maximum absolute atomic E-state index is 12.3. The van der Waals surface area contributed by atoms with Crippen molar-refractivity contribution in [2.45, 2.75) is 20.0 Å². The second kappa shape index (κ2) is 8.74. The first-order valence-corrected chi connectivity index (χ1v) is 8.86. The number of hydrogen-bond acceptors (Lipinski definition) is 4. The van der Waals surface area contributed by atoms with Crippen LogP contribution < -0.4 is 14.8 Å². The average molecular weight is 372 g/mol. The molecule has 1 amide bonds. The molecule has 5 heteroatoms. The fraction of sp³-hybridized carbons (Fsp3) is 0.130. The summed E-state index contributed by atoms with van der Waals surface area (Å²) in [5.74, 6) is 1.62. The minimum Gasteiger partial charge on any atom is -0.481 e. The summed E-state index contributed by atoms with van der Waals surface area (Å²) in [7, 11) is 0. The Labute approximate surface area is 164 Å². The zero-order chi connectivity index (χ0) is 19.9. The van der Waals surface area contributed by atoms with E-state index in [1.807, 2.05) is 31.2 Å². The van der Waals surface area contributed by atoms with Gasteiger partial charge in [-0.1, -0.05) is 17.7 Å². The van der Waals surface area contributed by atoms with Gasteiger partial charge in [-0.3, -0.25) is 4.79 Å². The van der Waals surface area contributed by atoms with Crippen LogP contribution in [0.2, 0.25) is 0 Å². The number of rotatable bonds is 6. The first kappa shape index (κ1) is 19.0. The van der Waals surface area contributed by atoms with E-state index >= 15 is 0 Å². The average Bonchev–Trinajstić information content (AvgIpc) is 2.71. The van der Waals surface area contributed by atoms with Crippen molar-refractivity contribution in [3.63, 3.8) is 0 Å². The first-order valence-electron chi connectivity index (χ1n) is 8.86. The highest BCUT2D eigenvalue weighted by Crippen LogP contribution is 2.24. The zero-order valence-corrected chi connectivity index (χ0v) is 15.7. The molecule has 0 saturated carbocycles. The van der Waals surface area contributed by atoms with Gasteiger partial charge < -0.3 is 14.8 Å². The molecule has 5 nitrogen and oxygen atoms in total. The van der Waals surface area contributed by atoms with Gasteiger partial charge in [-0.15, -0.1) is 0 Å². The second-order valence-corrected chi connectivity index (χ2v) is 6.33. The molecule has 0 fully saturated rings. The van der Waals surface area contributed by atoms with Crippen LogP contribution in [0.15, 0.2) is 72.8 Å². The van der Waals surface area contributed by atoms with Gasteiger partial charge in [-0.05, 0) is 74.5 Å². The van der Waals surface area contributed by atoms with Crippen LogP contribution in [0.4, 0.5) is 5.69 Å². The number of nitrogens with zero attached hydrogens (tertiary/aromatic N) is 1. The van der Waals surface area contributed by atoms with Gasteiger partial charge in [0.25, 0.3) is 5.91 Å². The molecule has 0 saturated heterocycles. The molecule has 28 heavy (non-hydrogen) atoms. The van der Waals surface area contributed by atoms with Crippen LogP contribution >= 0.6 is 0 Å². The molecule has 1 atom stereocenters. The van der Waals surface area contributed by atoms with Crippen molar-refractivity contribution in [1.82, 2.24) is 0 Å². The molecular formula is C23H20N2O3. The van der Waals surface area contributed by atoms with Crippen molar-refractivity contribution in [2.24, 2.45) is 0 Å². The number of hydrogen-bond donors (Lipinski definition) is 1. The third-order valence-electron chi connectivity index (χ3n) is 4.04. The fourth-order valence-electron chi connectivity index (χ4n) is 2.46. The largest absolute Gasteiger partial charge is 0.481 e. The Bertz CT molecular complexity index is 972. The quantitative estimate of drug-likeness (QED) is 0.656. The Morgan fingerprint density at radius 2 is 1.43 bits per heavy atom. The van der Waals surface area contributed by atoms with Crippen molar-refractivity contribution >= 4 is 11.6 Å². The lowest BCUT2D eigenvalue weighted by molar-refractivity contribution is -0.122. The third-order valence-corrected chi connectivity index (χ3v) is 4.04. The number of nitriles is 1. The Hall–Kier alpha value is -3.78. The van der Waals surface area contributed by atoms with E-state index in [0.717, 1.165) is 11.3 Å². The van der Waals surface area contributed by atoms with Crippen LogP contribution in [0, 0.1) is 18.3 Å². The normalized spacial score (nSPS) is 11.2. The number of benzene rings is 3. The monoisotopic (exact) mass is 372 g/mol. The molecule has 0 bridgehead atoms. The molecular weight excluding hydrogens is 352 g/mol. The van der Waals surface area contributed by atoms with E-state index < -0.39 is 6.10 Å². The number of nitrogens with one attached hydrogen (secondary N) is 1. The number of amides is 1. The molecule has 0 heterocycles. The lowest BCUT2D eigenvalue weighted by Crippen LogP contribution is -2.30. The van der Waals surface area contributed by atoms with E-state index in [1.54, 1.807) is 55.5 Å². The summed E-state index contributed by atoms with van der Waals surface area (Å²) in [4.78, 5) is 12.3. The SMILES string of the molecule is Cc1ccc(NC(=O)C(C)Oc2ccc(Oc3ccc(C#N)cc3)cc2)cc1. The van der Waals surface area contributed by atoms with Crippen molar-refractivity contribution in [2.75, 3.05) is 5.32 Å². The highest BCUT2D eigenvalue weighted by atomic mass is 16.5. The molecule has 1 N–H and O–H groups in total. The van der Waals surface area contributed by atoms with Gasteiger partial charge in [-0.2, -0.15) is 5.26 Å². The fourth-order valence-corrected chi connectivity index (χ4v) is 2.46. The number of aryl methyl sites for hydroxylation is 1. The van der Waals surface area contributed by atoms with Crippen molar-refractivity contribution in [3.8, 4) is 23.3 Å². The number of carbonyl (C=O) groups is 1. The predicted octanol–water partition coefficient (Wildman–Crippen LogP) is 5.07. The zero-order valence-electron chi connectivity index (χ0n) is 15.7. The van der Waals surface area contributed by atoms with Gasteiger partial charge in [0.05, 0.1) is 11.6 Å². The van der Waals surface area contributed by atoms with Crippen molar-refractivity contribution in [3.05, 3.63) is 83.9 Å². The van der Waals surface area contributed by atoms with Gasteiger partial charge in [-0.25, -0.2) is 0 Å². The van der Waals surface area contributed by atoms with E-state index in [2.05, 4.69) is 11.4 Å². The summed E-state index contributed by atoms with van der Waals surface area (Å²) in [5, 5.41) is 11.7. The maximum Gasteiger partial charge on any atom is 0.265 e. The molecule has 3 aromatic carbocycles. The van der Waals surface area contributed by atoms with E-state index in [-0.39, 0.29) is 5.91 Å². The molecule has 1 unspecified atom stereocenters. The molecule has 0 radical (unpaired) electrons. The minimum atomic E-state index is -0.647. The van der Waals surface area contributed by atoms with Crippen LogP contribution in [0.1, 0.15) is 18.1 Å². The van der Waals surface area contributed by atoms with E-state index in [1.165, 1.54) is 0 Å². The highest BCUT2D eigenvalue weighted by Gasteiger charge is 2.15. The molecule has 0 aliphatic rings. The van der Waals surface area contributed by atoms with E-state index in [4.69, 9.17) is 14.7 Å². The number of ether oxygens (including phenoxy) is 2. The first-order chi connectivity index (χ1) is 13.5. The maximum atomic E-state index is 12.3. The van der Waals surface area contributed by atoms with Crippen LogP contribution in [0.3, 0.4) is 0 Å². The summed E-state index contributed by atoms with van der Waals surface area (Å²) in [5.41, 5.74) is 2.44. The van der Waals surface area contributed by atoms with Gasteiger partial charge in [0, 0.05) is 5.69 Å². The van der Waals surface area contributed by atoms with Gasteiger partial charge >= 0.3 is 0 Å². The van der Waals surface area contributed by atoms with Gasteiger partial charge in [0.2, 0.25) is 0 Å². The predicted molar refractivity (Wildman–Crippen MR) is 108 cm³/mol. The Kier molecular flexibility index (Phi) is 5.93. The second-order valence-electron chi connectivity index (χ2n) is 6.33. The van der Waals surface area contributed by atoms with Crippen molar-refractivity contribution < 1.29 is 14.3 Å². The topological polar surface area (TPSA) is 71.3 Å². The summed E-state index contributed by atoms with van der Waals surface area (Å²) in [6.07, 6.45) is -0.647. The Morgan fingerprint density at radius 1 is 0.893 bits per heavy atom. The van der Waals surface area contributed by atoms with E-state index in [0.29, 0.717) is 22.8 Å². The Balaban J connectivity index is 1.56.